The lowest BCUT2D eigenvalue weighted by molar-refractivity contribution is 0.0583. The molecule has 0 bridgehead atoms. The van der Waals surface area contributed by atoms with Crippen molar-refractivity contribution in [1.82, 2.24) is 4.90 Å². The molecule has 0 saturated carbocycles. The van der Waals surface area contributed by atoms with Crippen LogP contribution >= 0.6 is 0 Å². The van der Waals surface area contributed by atoms with Crippen LogP contribution in [0.2, 0.25) is 16.6 Å². The van der Waals surface area contributed by atoms with Gasteiger partial charge in [-0.1, -0.05) is 59.6 Å². The summed E-state index contributed by atoms with van der Waals surface area (Å²) in [6.07, 6.45) is -0.944. The molecule has 5 nitrogen and oxygen atoms in total. The molecule has 0 aliphatic carbocycles. The summed E-state index contributed by atoms with van der Waals surface area (Å²) in [6.45, 7) is 14.7. The van der Waals surface area contributed by atoms with Crippen molar-refractivity contribution in [2.45, 2.75) is 83.0 Å². The van der Waals surface area contributed by atoms with E-state index in [1.165, 1.54) is 0 Å². The average Bonchev–Trinajstić information content (AvgIpc) is 3.21. The zero-order valence-corrected chi connectivity index (χ0v) is 20.3. The van der Waals surface area contributed by atoms with Gasteiger partial charge in [0.25, 0.3) is 0 Å². The van der Waals surface area contributed by atoms with Crippen molar-refractivity contribution >= 4 is 14.2 Å². The molecule has 2 fully saturated rings. The number of hydrogen-bond donors (Lipinski definition) is 0. The summed E-state index contributed by atoms with van der Waals surface area (Å²) in [4.78, 5) is 14.3. The zero-order chi connectivity index (χ0) is 22.1. The number of carbonyl (C=O) groups is 1. The van der Waals surface area contributed by atoms with Crippen molar-refractivity contribution < 1.29 is 19.0 Å². The lowest BCUT2D eigenvalue weighted by Gasteiger charge is -2.38. The summed E-state index contributed by atoms with van der Waals surface area (Å²) < 4.78 is 17.0. The van der Waals surface area contributed by atoms with Crippen LogP contribution in [-0.4, -0.2) is 51.0 Å². The van der Waals surface area contributed by atoms with Gasteiger partial charge < -0.3 is 14.2 Å². The molecule has 1 amide bonds. The minimum atomic E-state index is -1.85. The van der Waals surface area contributed by atoms with E-state index < -0.39 is 8.07 Å². The molecule has 2 heterocycles. The van der Waals surface area contributed by atoms with Crippen molar-refractivity contribution in [3.8, 4) is 17.2 Å². The van der Waals surface area contributed by atoms with Crippen LogP contribution in [0.15, 0.2) is 24.3 Å². The number of nitrogens with zero attached hydrogens (tertiary/aromatic N) is 1. The molecule has 6 heteroatoms. The van der Waals surface area contributed by atoms with E-state index in [0.717, 1.165) is 11.3 Å². The fraction of sp³-hybridized carbons (Fsp3) is 0.625. The summed E-state index contributed by atoms with van der Waals surface area (Å²) >= 11 is 0. The lowest BCUT2D eigenvalue weighted by atomic mass is 10.1. The number of methoxy groups -OCH3 is 1. The molecule has 1 aromatic carbocycles. The first-order chi connectivity index (χ1) is 14.2. The summed E-state index contributed by atoms with van der Waals surface area (Å²) in [7, 11) is -0.207. The zero-order valence-electron chi connectivity index (χ0n) is 19.3. The molecule has 2 aliphatic rings. The molecule has 0 aromatic heterocycles. The number of rotatable bonds is 6. The molecule has 2 saturated heterocycles. The monoisotopic (exact) mass is 429 g/mol. The van der Waals surface area contributed by atoms with Crippen LogP contribution in [0.4, 0.5) is 4.79 Å². The maximum absolute atomic E-state index is 12.6. The second-order valence-corrected chi connectivity index (χ2v) is 14.9. The van der Waals surface area contributed by atoms with E-state index in [4.69, 9.17) is 14.2 Å². The van der Waals surface area contributed by atoms with Gasteiger partial charge in [0.1, 0.15) is 13.8 Å². The highest BCUT2D eigenvalue weighted by atomic mass is 28.3. The van der Waals surface area contributed by atoms with E-state index >= 15 is 0 Å². The number of ether oxygens (including phenoxy) is 3. The van der Waals surface area contributed by atoms with Gasteiger partial charge in [-0.15, -0.1) is 5.54 Å². The Kier molecular flexibility index (Phi) is 6.83. The molecule has 0 spiro atoms. The van der Waals surface area contributed by atoms with E-state index in [0.29, 0.717) is 29.8 Å². The maximum atomic E-state index is 12.6. The number of hydrogen-bond acceptors (Lipinski definition) is 4. The first-order valence-corrected chi connectivity index (χ1v) is 13.2. The molecular formula is C24H35NO4Si. The van der Waals surface area contributed by atoms with Crippen LogP contribution in [0.5, 0.6) is 5.75 Å². The third-order valence-corrected chi connectivity index (χ3v) is 13.1. The smallest absolute Gasteiger partial charge is 0.411 e. The van der Waals surface area contributed by atoms with Crippen LogP contribution in [0, 0.1) is 11.5 Å². The Balaban J connectivity index is 1.77. The first kappa shape index (κ1) is 22.7. The van der Waals surface area contributed by atoms with Gasteiger partial charge in [-0.05, 0) is 34.3 Å². The topological polar surface area (TPSA) is 48.0 Å². The Bertz CT molecular complexity index is 787. The Labute approximate surface area is 182 Å². The van der Waals surface area contributed by atoms with Crippen LogP contribution in [-0.2, 0) is 16.0 Å². The fourth-order valence-corrected chi connectivity index (χ4v) is 10.4. The summed E-state index contributed by atoms with van der Waals surface area (Å²) in [5, 5.41) is 0. The summed E-state index contributed by atoms with van der Waals surface area (Å²) in [5.41, 5.74) is 6.42. The number of benzene rings is 1. The van der Waals surface area contributed by atoms with Gasteiger partial charge in [-0.25, -0.2) is 4.79 Å². The molecule has 164 valence electrons. The fourth-order valence-electron chi connectivity index (χ4n) is 5.18. The Hall–Kier alpha value is -1.97. The predicted molar refractivity (Wildman–Crippen MR) is 121 cm³/mol. The Morgan fingerprint density at radius 1 is 1.10 bits per heavy atom. The number of amides is 1. The standard InChI is InChI=1S/C24H35NO4Si/c1-16(2)30(17(3)4,18(5)6)13-12-22-23-21(15-28-22)25(24(26)29-23)14-19-8-10-20(27-7)11-9-19/h8-11,16-18,21-23H,14-15H2,1-7H3/t21-,22-,23-/m0/s1. The minimum Gasteiger partial charge on any atom is -0.497 e. The van der Waals surface area contributed by atoms with Gasteiger partial charge in [-0.2, -0.15) is 0 Å². The van der Waals surface area contributed by atoms with Gasteiger partial charge in [0.05, 0.1) is 19.8 Å². The van der Waals surface area contributed by atoms with Gasteiger partial charge in [0, 0.05) is 6.54 Å². The molecule has 2 aliphatic heterocycles. The highest BCUT2D eigenvalue weighted by Crippen LogP contribution is 2.41. The van der Waals surface area contributed by atoms with Crippen LogP contribution in [0.25, 0.3) is 0 Å². The highest BCUT2D eigenvalue weighted by molar-refractivity contribution is 6.90. The molecule has 3 rings (SSSR count). The lowest BCUT2D eigenvalue weighted by Crippen LogP contribution is -2.43. The maximum Gasteiger partial charge on any atom is 0.411 e. The third kappa shape index (κ3) is 4.10. The molecule has 0 unspecified atom stereocenters. The third-order valence-electron chi connectivity index (χ3n) is 6.80. The van der Waals surface area contributed by atoms with Crippen molar-refractivity contribution in [2.24, 2.45) is 0 Å². The molecule has 0 N–H and O–H groups in total. The van der Waals surface area contributed by atoms with Crippen molar-refractivity contribution in [1.29, 1.82) is 0 Å². The van der Waals surface area contributed by atoms with Crippen molar-refractivity contribution in [3.63, 3.8) is 0 Å². The SMILES string of the molecule is COc1ccc(CN2C(=O)O[C@@H]3[C@H](C#C[Si](C(C)C)(C(C)C)C(C)C)OC[C@@H]32)cc1. The van der Waals surface area contributed by atoms with Crippen molar-refractivity contribution in [2.75, 3.05) is 13.7 Å². The van der Waals surface area contributed by atoms with E-state index in [1.54, 1.807) is 12.0 Å². The summed E-state index contributed by atoms with van der Waals surface area (Å²) in [5.74, 6) is 4.23. The van der Waals surface area contributed by atoms with Gasteiger partial charge in [0.2, 0.25) is 0 Å². The molecule has 0 radical (unpaired) electrons. The van der Waals surface area contributed by atoms with Gasteiger partial charge >= 0.3 is 6.09 Å². The van der Waals surface area contributed by atoms with E-state index in [9.17, 15) is 4.79 Å². The van der Waals surface area contributed by atoms with Crippen LogP contribution in [0.1, 0.15) is 47.1 Å². The summed E-state index contributed by atoms with van der Waals surface area (Å²) in [6, 6.07) is 7.66. The number of fused-ring (bicyclic) bond motifs is 1. The van der Waals surface area contributed by atoms with Gasteiger partial charge in [0.15, 0.2) is 12.2 Å². The van der Waals surface area contributed by atoms with Gasteiger partial charge in [-0.3, -0.25) is 4.90 Å². The predicted octanol–water partition coefficient (Wildman–Crippen LogP) is 5.00. The molecule has 1 aromatic rings. The Morgan fingerprint density at radius 3 is 2.23 bits per heavy atom. The quantitative estimate of drug-likeness (QED) is 0.471. The van der Waals surface area contributed by atoms with E-state index in [-0.39, 0.29) is 24.3 Å². The molecule has 3 atom stereocenters. The molecule has 30 heavy (non-hydrogen) atoms. The second kappa shape index (κ2) is 9.03. The number of carbonyl (C=O) groups excluding carboxylic acids is 1. The van der Waals surface area contributed by atoms with E-state index in [1.807, 2.05) is 24.3 Å². The van der Waals surface area contributed by atoms with E-state index in [2.05, 4.69) is 53.0 Å². The Morgan fingerprint density at radius 2 is 1.70 bits per heavy atom. The van der Waals surface area contributed by atoms with Crippen LogP contribution < -0.4 is 4.74 Å². The first-order valence-electron chi connectivity index (χ1n) is 10.9. The van der Waals surface area contributed by atoms with Crippen LogP contribution in [0.3, 0.4) is 0 Å². The normalized spacial score (nSPS) is 23.6. The van der Waals surface area contributed by atoms with Crippen molar-refractivity contribution in [3.05, 3.63) is 29.8 Å². The average molecular weight is 430 g/mol. The molecular weight excluding hydrogens is 394 g/mol. The highest BCUT2D eigenvalue weighted by Gasteiger charge is 2.51. The second-order valence-electron chi connectivity index (χ2n) is 9.31. The largest absolute Gasteiger partial charge is 0.497 e. The minimum absolute atomic E-state index is 0.0906.